The second-order valence-electron chi connectivity index (χ2n) is 7.33. The summed E-state index contributed by atoms with van der Waals surface area (Å²) >= 11 is 0. The van der Waals surface area contributed by atoms with Crippen molar-refractivity contribution >= 4 is 11.8 Å². The highest BCUT2D eigenvalue weighted by atomic mass is 16.2. The van der Waals surface area contributed by atoms with Gasteiger partial charge in [0.25, 0.3) is 5.91 Å². The molecule has 9 nitrogen and oxygen atoms in total. The number of benzene rings is 1. The standard InChI is InChI=1S/C20H23N7O2/c1-25(2)18(28)13-26-11-14-7-6-10-16(19(14)23-26)21-20(29)17-12-27(24-22-17)15-8-4-3-5-9-15/h3-5,8-9,11-12,16H,6-7,10,13H2,1-2H3,(H,21,29)/t16-/m1/s1. The van der Waals surface area contributed by atoms with E-state index in [1.807, 2.05) is 36.5 Å². The van der Waals surface area contributed by atoms with E-state index < -0.39 is 0 Å². The van der Waals surface area contributed by atoms with Crippen LogP contribution in [0.5, 0.6) is 0 Å². The Morgan fingerprint density at radius 2 is 2.00 bits per heavy atom. The van der Waals surface area contributed by atoms with Crippen LogP contribution in [0.15, 0.2) is 42.7 Å². The molecule has 1 aliphatic rings. The van der Waals surface area contributed by atoms with Gasteiger partial charge in [-0.3, -0.25) is 14.3 Å². The average molecular weight is 393 g/mol. The van der Waals surface area contributed by atoms with Gasteiger partial charge in [0.1, 0.15) is 6.54 Å². The molecule has 1 N–H and O–H groups in total. The van der Waals surface area contributed by atoms with Crippen molar-refractivity contribution in [2.24, 2.45) is 0 Å². The van der Waals surface area contributed by atoms with Crippen LogP contribution in [-0.4, -0.2) is 55.6 Å². The third-order valence-electron chi connectivity index (χ3n) is 4.99. The molecule has 1 aromatic carbocycles. The quantitative estimate of drug-likeness (QED) is 0.706. The van der Waals surface area contributed by atoms with Gasteiger partial charge in [0, 0.05) is 20.3 Å². The van der Waals surface area contributed by atoms with Gasteiger partial charge in [0.2, 0.25) is 5.91 Å². The summed E-state index contributed by atoms with van der Waals surface area (Å²) in [5, 5.41) is 15.6. The molecule has 2 heterocycles. The normalized spacial score (nSPS) is 15.6. The lowest BCUT2D eigenvalue weighted by Gasteiger charge is -2.21. The molecule has 0 unspecified atom stereocenters. The molecule has 3 aromatic rings. The molecule has 0 saturated carbocycles. The first-order chi connectivity index (χ1) is 14.0. The molecular formula is C20H23N7O2. The lowest BCUT2D eigenvalue weighted by molar-refractivity contribution is -0.129. The van der Waals surface area contributed by atoms with Crippen molar-refractivity contribution in [1.29, 1.82) is 0 Å². The lowest BCUT2D eigenvalue weighted by Crippen LogP contribution is -2.31. The first-order valence-electron chi connectivity index (χ1n) is 9.56. The van der Waals surface area contributed by atoms with E-state index in [-0.39, 0.29) is 30.1 Å². The highest BCUT2D eigenvalue weighted by Gasteiger charge is 2.27. The Balaban J connectivity index is 1.48. The number of aromatic nitrogens is 5. The fourth-order valence-electron chi connectivity index (χ4n) is 3.41. The predicted molar refractivity (Wildman–Crippen MR) is 105 cm³/mol. The first-order valence-corrected chi connectivity index (χ1v) is 9.56. The molecular weight excluding hydrogens is 370 g/mol. The van der Waals surface area contributed by atoms with Crippen molar-refractivity contribution in [3.63, 3.8) is 0 Å². The minimum atomic E-state index is -0.288. The number of hydrogen-bond acceptors (Lipinski definition) is 5. The van der Waals surface area contributed by atoms with Gasteiger partial charge in [-0.1, -0.05) is 23.4 Å². The van der Waals surface area contributed by atoms with Crippen LogP contribution in [0.25, 0.3) is 5.69 Å². The second kappa shape index (κ2) is 7.86. The third-order valence-corrected chi connectivity index (χ3v) is 4.99. The van der Waals surface area contributed by atoms with Crippen molar-refractivity contribution in [3.05, 3.63) is 59.7 Å². The van der Waals surface area contributed by atoms with Gasteiger partial charge in [-0.05, 0) is 37.0 Å². The molecule has 0 saturated heterocycles. The number of fused-ring (bicyclic) bond motifs is 1. The maximum absolute atomic E-state index is 12.7. The summed E-state index contributed by atoms with van der Waals surface area (Å²) in [6, 6.07) is 9.30. The topological polar surface area (TPSA) is 97.9 Å². The molecule has 0 bridgehead atoms. The molecule has 0 spiro atoms. The summed E-state index contributed by atoms with van der Waals surface area (Å²) in [4.78, 5) is 26.2. The zero-order valence-corrected chi connectivity index (χ0v) is 16.4. The maximum atomic E-state index is 12.7. The zero-order valence-electron chi connectivity index (χ0n) is 16.4. The summed E-state index contributed by atoms with van der Waals surface area (Å²) in [5.74, 6) is -0.313. The van der Waals surface area contributed by atoms with Gasteiger partial charge in [-0.2, -0.15) is 5.10 Å². The fourth-order valence-corrected chi connectivity index (χ4v) is 3.41. The molecule has 1 atom stereocenters. The van der Waals surface area contributed by atoms with Crippen molar-refractivity contribution in [2.45, 2.75) is 31.8 Å². The predicted octanol–water partition coefficient (Wildman–Crippen LogP) is 1.36. The van der Waals surface area contributed by atoms with Gasteiger partial charge < -0.3 is 10.2 Å². The van der Waals surface area contributed by atoms with Crippen molar-refractivity contribution in [1.82, 2.24) is 35.0 Å². The summed E-state index contributed by atoms with van der Waals surface area (Å²) in [5.41, 5.74) is 2.99. The molecule has 29 heavy (non-hydrogen) atoms. The molecule has 2 amide bonds. The lowest BCUT2D eigenvalue weighted by atomic mass is 9.93. The molecule has 0 fully saturated rings. The Labute approximate surface area is 168 Å². The van der Waals surface area contributed by atoms with Crippen LogP contribution in [0.3, 0.4) is 0 Å². The number of para-hydroxylation sites is 1. The van der Waals surface area contributed by atoms with E-state index in [0.29, 0.717) is 0 Å². The fraction of sp³-hybridized carbons (Fsp3) is 0.350. The SMILES string of the molecule is CN(C)C(=O)Cn1cc2c(n1)[C@H](NC(=O)c1cn(-c3ccccc3)nn1)CCC2. The number of nitrogens with zero attached hydrogens (tertiary/aromatic N) is 6. The number of amides is 2. The highest BCUT2D eigenvalue weighted by molar-refractivity contribution is 5.92. The number of carbonyl (C=O) groups excluding carboxylic acids is 2. The number of carbonyl (C=O) groups is 2. The minimum Gasteiger partial charge on any atom is -0.347 e. The zero-order chi connectivity index (χ0) is 20.4. The average Bonchev–Trinajstić information content (AvgIpc) is 3.36. The van der Waals surface area contributed by atoms with Crippen LogP contribution < -0.4 is 5.32 Å². The van der Waals surface area contributed by atoms with Crippen molar-refractivity contribution in [2.75, 3.05) is 14.1 Å². The Morgan fingerprint density at radius 3 is 2.76 bits per heavy atom. The monoisotopic (exact) mass is 393 g/mol. The molecule has 1 aliphatic carbocycles. The van der Waals surface area contributed by atoms with Gasteiger partial charge in [-0.15, -0.1) is 5.10 Å². The van der Waals surface area contributed by atoms with E-state index in [2.05, 4.69) is 20.7 Å². The van der Waals surface area contributed by atoms with Crippen LogP contribution in [0.2, 0.25) is 0 Å². The highest BCUT2D eigenvalue weighted by Crippen LogP contribution is 2.28. The van der Waals surface area contributed by atoms with Gasteiger partial charge >= 0.3 is 0 Å². The molecule has 0 aliphatic heterocycles. The summed E-state index contributed by atoms with van der Waals surface area (Å²) < 4.78 is 3.23. The van der Waals surface area contributed by atoms with Crippen molar-refractivity contribution < 1.29 is 9.59 Å². The summed E-state index contributed by atoms with van der Waals surface area (Å²) in [7, 11) is 3.44. The van der Waals surface area contributed by atoms with Crippen LogP contribution in [-0.2, 0) is 17.8 Å². The first kappa shape index (κ1) is 18.9. The van der Waals surface area contributed by atoms with Gasteiger partial charge in [0.15, 0.2) is 5.69 Å². The van der Waals surface area contributed by atoms with Gasteiger partial charge in [-0.25, -0.2) is 4.68 Å². The number of nitrogens with one attached hydrogen (secondary N) is 1. The Hall–Kier alpha value is -3.49. The Kier molecular flexibility index (Phi) is 5.11. The maximum Gasteiger partial charge on any atom is 0.274 e. The number of likely N-dealkylation sites (N-methyl/N-ethyl adjacent to an activating group) is 1. The van der Waals surface area contributed by atoms with E-state index in [1.165, 1.54) is 4.90 Å². The smallest absolute Gasteiger partial charge is 0.274 e. The Morgan fingerprint density at radius 1 is 1.21 bits per heavy atom. The van der Waals surface area contributed by atoms with Crippen LogP contribution in [0.1, 0.15) is 40.6 Å². The van der Waals surface area contributed by atoms with Gasteiger partial charge in [0.05, 0.1) is 23.6 Å². The molecule has 9 heteroatoms. The van der Waals surface area contributed by atoms with Crippen LogP contribution >= 0.6 is 0 Å². The number of rotatable bonds is 5. The van der Waals surface area contributed by atoms with E-state index in [0.717, 1.165) is 36.2 Å². The van der Waals surface area contributed by atoms with E-state index in [1.54, 1.807) is 29.7 Å². The van der Waals surface area contributed by atoms with E-state index in [9.17, 15) is 9.59 Å². The number of hydrogen-bond donors (Lipinski definition) is 1. The second-order valence-corrected chi connectivity index (χ2v) is 7.33. The van der Waals surface area contributed by atoms with E-state index in [4.69, 9.17) is 0 Å². The largest absolute Gasteiger partial charge is 0.347 e. The van der Waals surface area contributed by atoms with E-state index >= 15 is 0 Å². The molecule has 150 valence electrons. The molecule has 0 radical (unpaired) electrons. The Bertz CT molecular complexity index is 1020. The number of aryl methyl sites for hydroxylation is 1. The van der Waals surface area contributed by atoms with Crippen LogP contribution in [0.4, 0.5) is 0 Å². The summed E-state index contributed by atoms with van der Waals surface area (Å²) in [6.07, 6.45) is 6.15. The molecule has 4 rings (SSSR count). The third kappa shape index (κ3) is 4.03. The molecule has 2 aromatic heterocycles. The van der Waals surface area contributed by atoms with Crippen molar-refractivity contribution in [3.8, 4) is 5.69 Å². The minimum absolute atomic E-state index is 0.0250. The summed E-state index contributed by atoms with van der Waals surface area (Å²) in [6.45, 7) is 0.187. The van der Waals surface area contributed by atoms with Crippen LogP contribution in [0, 0.1) is 0 Å².